The molecular formula is C25H21N3O2. The number of hydrogen-bond donors (Lipinski definition) is 1. The third-order valence-corrected chi connectivity index (χ3v) is 5.50. The van der Waals surface area contributed by atoms with Gasteiger partial charge in [-0.3, -0.25) is 4.57 Å². The van der Waals surface area contributed by atoms with Gasteiger partial charge >= 0.3 is 5.97 Å². The van der Waals surface area contributed by atoms with E-state index in [1.165, 1.54) is 0 Å². The second kappa shape index (κ2) is 7.19. The van der Waals surface area contributed by atoms with Crippen molar-refractivity contribution in [3.8, 4) is 0 Å². The molecule has 1 aromatic heterocycles. The molecule has 0 fully saturated rings. The smallest absolute Gasteiger partial charge is 0.338 e. The molecule has 0 saturated heterocycles. The molecule has 1 N–H and O–H groups in total. The molecule has 1 unspecified atom stereocenters. The molecule has 1 atom stereocenters. The quantitative estimate of drug-likeness (QED) is 0.381. The molecule has 0 radical (unpaired) electrons. The van der Waals surface area contributed by atoms with Gasteiger partial charge in [0.05, 0.1) is 22.6 Å². The molecule has 0 saturated carbocycles. The van der Waals surface area contributed by atoms with E-state index in [2.05, 4.69) is 40.7 Å². The number of para-hydroxylation sites is 2. The minimum Gasteiger partial charge on any atom is -0.458 e. The summed E-state index contributed by atoms with van der Waals surface area (Å²) in [5.41, 5.74) is 4.18. The molecule has 1 aliphatic rings. The van der Waals surface area contributed by atoms with E-state index in [9.17, 15) is 4.79 Å². The van der Waals surface area contributed by atoms with E-state index in [1.54, 1.807) is 6.08 Å². The second-order valence-electron chi connectivity index (χ2n) is 7.32. The minimum absolute atomic E-state index is 0.162. The van der Waals surface area contributed by atoms with Gasteiger partial charge in [-0.15, -0.1) is 0 Å². The number of hydrogen-bond acceptors (Lipinski definition) is 4. The lowest BCUT2D eigenvalue weighted by atomic mass is 9.91. The lowest BCUT2D eigenvalue weighted by Gasteiger charge is -2.31. The largest absolute Gasteiger partial charge is 0.458 e. The van der Waals surface area contributed by atoms with Gasteiger partial charge in [0, 0.05) is 5.70 Å². The number of carbonyl (C=O) groups excluding carboxylic acids is 1. The highest BCUT2D eigenvalue weighted by molar-refractivity contribution is 5.96. The van der Waals surface area contributed by atoms with Crippen molar-refractivity contribution in [3.05, 3.63) is 96.2 Å². The van der Waals surface area contributed by atoms with Gasteiger partial charge in [-0.05, 0) is 35.4 Å². The Morgan fingerprint density at radius 2 is 1.90 bits per heavy atom. The van der Waals surface area contributed by atoms with Crippen LogP contribution in [0.3, 0.4) is 0 Å². The van der Waals surface area contributed by atoms with E-state index < -0.39 is 0 Å². The average molecular weight is 395 g/mol. The Labute approximate surface area is 174 Å². The average Bonchev–Trinajstić information content (AvgIpc) is 3.14. The van der Waals surface area contributed by atoms with Crippen LogP contribution in [0.4, 0.5) is 5.95 Å². The summed E-state index contributed by atoms with van der Waals surface area (Å²) in [7, 11) is 0. The molecule has 0 amide bonds. The van der Waals surface area contributed by atoms with Crippen LogP contribution in [0.5, 0.6) is 0 Å². The summed E-state index contributed by atoms with van der Waals surface area (Å²) >= 11 is 0. The van der Waals surface area contributed by atoms with Crippen molar-refractivity contribution >= 4 is 33.7 Å². The van der Waals surface area contributed by atoms with E-state index >= 15 is 0 Å². The number of benzene rings is 3. The monoisotopic (exact) mass is 395 g/mol. The number of ether oxygens (including phenoxy) is 1. The highest BCUT2D eigenvalue weighted by Gasteiger charge is 2.35. The lowest BCUT2D eigenvalue weighted by molar-refractivity contribution is -0.138. The van der Waals surface area contributed by atoms with Crippen molar-refractivity contribution in [3.63, 3.8) is 0 Å². The molecule has 148 valence electrons. The van der Waals surface area contributed by atoms with E-state index in [0.29, 0.717) is 11.5 Å². The number of rotatable bonds is 4. The van der Waals surface area contributed by atoms with Crippen LogP contribution in [0.1, 0.15) is 18.5 Å². The first-order chi connectivity index (χ1) is 14.7. The molecule has 5 rings (SSSR count). The third-order valence-electron chi connectivity index (χ3n) is 5.50. The number of anilines is 1. The van der Waals surface area contributed by atoms with Crippen LogP contribution in [0.25, 0.3) is 21.8 Å². The van der Waals surface area contributed by atoms with Crippen LogP contribution in [0.2, 0.25) is 0 Å². The number of imidazole rings is 1. The molecular weight excluding hydrogens is 374 g/mol. The summed E-state index contributed by atoms with van der Waals surface area (Å²) in [4.78, 5) is 17.9. The second-order valence-corrected chi connectivity index (χ2v) is 7.32. The molecule has 5 heteroatoms. The van der Waals surface area contributed by atoms with Crippen LogP contribution in [-0.2, 0) is 9.53 Å². The van der Waals surface area contributed by atoms with E-state index in [-0.39, 0.29) is 18.6 Å². The van der Waals surface area contributed by atoms with Gasteiger partial charge in [0.2, 0.25) is 5.95 Å². The van der Waals surface area contributed by atoms with Crippen molar-refractivity contribution < 1.29 is 9.53 Å². The molecule has 0 spiro atoms. The van der Waals surface area contributed by atoms with Crippen molar-refractivity contribution in [2.24, 2.45) is 0 Å². The summed E-state index contributed by atoms with van der Waals surface area (Å²) in [5.74, 6) is 0.355. The first kappa shape index (κ1) is 18.2. The van der Waals surface area contributed by atoms with E-state index in [1.807, 2.05) is 49.4 Å². The van der Waals surface area contributed by atoms with Gasteiger partial charge < -0.3 is 10.1 Å². The van der Waals surface area contributed by atoms with Gasteiger partial charge in [0.1, 0.15) is 6.61 Å². The summed E-state index contributed by atoms with van der Waals surface area (Å²) < 4.78 is 7.57. The zero-order valence-corrected chi connectivity index (χ0v) is 16.6. The maximum Gasteiger partial charge on any atom is 0.338 e. The first-order valence-corrected chi connectivity index (χ1v) is 9.89. The van der Waals surface area contributed by atoms with Crippen LogP contribution in [0.15, 0.2) is 90.7 Å². The van der Waals surface area contributed by atoms with Crippen molar-refractivity contribution in [1.29, 1.82) is 0 Å². The Hall–Kier alpha value is -3.86. The van der Waals surface area contributed by atoms with Crippen molar-refractivity contribution in [2.75, 3.05) is 11.9 Å². The number of fused-ring (bicyclic) bond motifs is 4. The predicted molar refractivity (Wildman–Crippen MR) is 119 cm³/mol. The molecule has 5 nitrogen and oxygen atoms in total. The topological polar surface area (TPSA) is 56.1 Å². The molecule has 1 aliphatic heterocycles. The standard InChI is InChI=1S/C25H21N3O2/c1-3-15-30-24(29)22-16(2)26-25-27-20-13-6-7-14-21(20)28(25)23(22)19-12-8-10-17-9-4-5-11-18(17)19/h3-14,23H,1,15H2,2H3,(H,26,27). The Balaban J connectivity index is 1.81. The first-order valence-electron chi connectivity index (χ1n) is 9.89. The van der Waals surface area contributed by atoms with Gasteiger partial charge in [-0.25, -0.2) is 9.78 Å². The fourth-order valence-electron chi connectivity index (χ4n) is 4.22. The summed E-state index contributed by atoms with van der Waals surface area (Å²) in [6.45, 7) is 5.72. The lowest BCUT2D eigenvalue weighted by Crippen LogP contribution is -2.29. The van der Waals surface area contributed by atoms with Gasteiger partial charge in [0.15, 0.2) is 0 Å². The number of carbonyl (C=O) groups is 1. The molecule has 2 heterocycles. The molecule has 4 aromatic rings. The fraction of sp³-hybridized carbons (Fsp3) is 0.120. The van der Waals surface area contributed by atoms with E-state index in [0.717, 1.165) is 33.1 Å². The van der Waals surface area contributed by atoms with Crippen LogP contribution < -0.4 is 5.32 Å². The van der Waals surface area contributed by atoms with Crippen LogP contribution >= 0.6 is 0 Å². The van der Waals surface area contributed by atoms with Crippen LogP contribution in [-0.4, -0.2) is 22.1 Å². The third kappa shape index (κ3) is 2.78. The van der Waals surface area contributed by atoms with Crippen LogP contribution in [0, 0.1) is 0 Å². The van der Waals surface area contributed by atoms with E-state index in [4.69, 9.17) is 9.72 Å². The molecule has 3 aromatic carbocycles. The summed E-state index contributed by atoms with van der Waals surface area (Å²) in [6.07, 6.45) is 1.58. The highest BCUT2D eigenvalue weighted by Crippen LogP contribution is 2.41. The zero-order chi connectivity index (χ0) is 20.7. The normalized spacial score (nSPS) is 15.7. The predicted octanol–water partition coefficient (Wildman–Crippen LogP) is 5.21. The summed E-state index contributed by atoms with van der Waals surface area (Å²) in [5, 5.41) is 5.53. The SMILES string of the molecule is C=CCOC(=O)C1=C(C)Nc2nc3ccccc3n2C1c1cccc2ccccc12. The number of nitrogens with zero attached hydrogens (tertiary/aromatic N) is 2. The Morgan fingerprint density at radius 1 is 1.13 bits per heavy atom. The molecule has 30 heavy (non-hydrogen) atoms. The zero-order valence-electron chi connectivity index (χ0n) is 16.6. The Kier molecular flexibility index (Phi) is 4.36. The van der Waals surface area contributed by atoms with Crippen molar-refractivity contribution in [2.45, 2.75) is 13.0 Å². The Morgan fingerprint density at radius 3 is 2.77 bits per heavy atom. The van der Waals surface area contributed by atoms with Gasteiger partial charge in [-0.2, -0.15) is 0 Å². The molecule has 0 bridgehead atoms. The van der Waals surface area contributed by atoms with Crippen molar-refractivity contribution in [1.82, 2.24) is 9.55 Å². The highest BCUT2D eigenvalue weighted by atomic mass is 16.5. The fourth-order valence-corrected chi connectivity index (χ4v) is 4.22. The molecule has 0 aliphatic carbocycles. The van der Waals surface area contributed by atoms with Gasteiger partial charge in [-0.1, -0.05) is 67.3 Å². The maximum atomic E-state index is 13.2. The number of aromatic nitrogens is 2. The van der Waals surface area contributed by atoms with Gasteiger partial charge in [0.25, 0.3) is 0 Å². The number of esters is 1. The number of allylic oxidation sites excluding steroid dienone is 1. The summed E-state index contributed by atoms with van der Waals surface area (Å²) in [6, 6.07) is 22.0. The Bertz CT molecular complexity index is 1330. The number of nitrogens with one attached hydrogen (secondary N) is 1. The maximum absolute atomic E-state index is 13.2. The minimum atomic E-state index is -0.364.